The van der Waals surface area contributed by atoms with Crippen molar-refractivity contribution >= 4 is 15.8 Å². The normalized spacial score (nSPS) is 16.0. The molecule has 3 aromatic rings. The standard InChI is InChI=1S/C22H26N4O3S/c1-22(2,3)17-6-8-18(9-7-17)30(27,28)26-14-12-25(13-15-26)21-11-10-19(23-24-21)20-5-4-16-29-20/h4-11,16H,12-15H2,1-3H3. The molecular formula is C22H26N4O3S. The van der Waals surface area contributed by atoms with Crippen LogP contribution in [-0.4, -0.2) is 49.1 Å². The predicted molar refractivity (Wildman–Crippen MR) is 116 cm³/mol. The van der Waals surface area contributed by atoms with Crippen LogP contribution >= 0.6 is 0 Å². The largest absolute Gasteiger partial charge is 0.463 e. The molecule has 0 unspecified atom stereocenters. The number of piperazine rings is 1. The minimum atomic E-state index is -3.51. The minimum Gasteiger partial charge on any atom is -0.463 e. The van der Waals surface area contributed by atoms with Gasteiger partial charge in [-0.25, -0.2) is 8.42 Å². The van der Waals surface area contributed by atoms with Gasteiger partial charge in [-0.1, -0.05) is 32.9 Å². The van der Waals surface area contributed by atoms with Gasteiger partial charge in [0.25, 0.3) is 0 Å². The first-order valence-corrected chi connectivity index (χ1v) is 11.4. The van der Waals surface area contributed by atoms with Gasteiger partial charge in [0.15, 0.2) is 11.6 Å². The van der Waals surface area contributed by atoms with Gasteiger partial charge in [0.1, 0.15) is 5.69 Å². The summed E-state index contributed by atoms with van der Waals surface area (Å²) < 4.78 is 32.9. The molecular weight excluding hydrogens is 400 g/mol. The van der Waals surface area contributed by atoms with E-state index in [2.05, 4.69) is 31.0 Å². The third-order valence-electron chi connectivity index (χ3n) is 5.34. The number of aromatic nitrogens is 2. The van der Waals surface area contributed by atoms with Gasteiger partial charge in [-0.05, 0) is 47.4 Å². The third kappa shape index (κ3) is 4.11. The summed E-state index contributed by atoms with van der Waals surface area (Å²) >= 11 is 0. The van der Waals surface area contributed by atoms with Crippen molar-refractivity contribution < 1.29 is 12.8 Å². The van der Waals surface area contributed by atoms with Gasteiger partial charge in [-0.2, -0.15) is 4.31 Å². The topological polar surface area (TPSA) is 79.5 Å². The lowest BCUT2D eigenvalue weighted by molar-refractivity contribution is 0.383. The molecule has 0 saturated carbocycles. The molecule has 1 saturated heterocycles. The van der Waals surface area contributed by atoms with Crippen molar-refractivity contribution in [1.29, 1.82) is 0 Å². The van der Waals surface area contributed by atoms with Gasteiger partial charge in [-0.3, -0.25) is 0 Å². The molecule has 3 heterocycles. The number of rotatable bonds is 4. The number of benzene rings is 1. The predicted octanol–water partition coefficient (Wildman–Crippen LogP) is 3.55. The van der Waals surface area contributed by atoms with Crippen molar-refractivity contribution in [1.82, 2.24) is 14.5 Å². The van der Waals surface area contributed by atoms with E-state index >= 15 is 0 Å². The van der Waals surface area contributed by atoms with Crippen LogP contribution in [-0.2, 0) is 15.4 Å². The minimum absolute atomic E-state index is 0.0125. The van der Waals surface area contributed by atoms with Gasteiger partial charge in [0, 0.05) is 26.2 Å². The average Bonchev–Trinajstić information content (AvgIpc) is 3.28. The monoisotopic (exact) mass is 426 g/mol. The summed E-state index contributed by atoms with van der Waals surface area (Å²) in [4.78, 5) is 2.39. The van der Waals surface area contributed by atoms with E-state index in [1.165, 1.54) is 0 Å². The van der Waals surface area contributed by atoms with Gasteiger partial charge in [-0.15, -0.1) is 10.2 Å². The molecule has 1 aliphatic heterocycles. The van der Waals surface area contributed by atoms with Crippen molar-refractivity contribution in [3.05, 3.63) is 60.4 Å². The van der Waals surface area contributed by atoms with E-state index in [4.69, 9.17) is 4.42 Å². The van der Waals surface area contributed by atoms with Crippen LogP contribution in [0.4, 0.5) is 5.82 Å². The number of anilines is 1. The van der Waals surface area contributed by atoms with E-state index in [-0.39, 0.29) is 5.41 Å². The van der Waals surface area contributed by atoms with Crippen LogP contribution in [0.3, 0.4) is 0 Å². The average molecular weight is 427 g/mol. The number of furan rings is 1. The molecule has 1 aromatic carbocycles. The third-order valence-corrected chi connectivity index (χ3v) is 7.26. The first kappa shape index (κ1) is 20.6. The fourth-order valence-corrected chi connectivity index (χ4v) is 4.91. The lowest BCUT2D eigenvalue weighted by Crippen LogP contribution is -2.49. The molecule has 0 N–H and O–H groups in total. The summed E-state index contributed by atoms with van der Waals surface area (Å²) in [5.41, 5.74) is 1.77. The highest BCUT2D eigenvalue weighted by molar-refractivity contribution is 7.89. The molecule has 0 atom stereocenters. The molecule has 7 nitrogen and oxygen atoms in total. The molecule has 0 bridgehead atoms. The highest BCUT2D eigenvalue weighted by Gasteiger charge is 2.29. The molecule has 1 aliphatic rings. The zero-order chi connectivity index (χ0) is 21.4. The summed E-state index contributed by atoms with van der Waals surface area (Å²) in [6.07, 6.45) is 1.60. The first-order valence-electron chi connectivity index (χ1n) is 9.98. The maximum atomic E-state index is 13.0. The molecule has 4 rings (SSSR count). The number of hydrogen-bond acceptors (Lipinski definition) is 6. The van der Waals surface area contributed by atoms with Crippen molar-refractivity contribution in [2.24, 2.45) is 0 Å². The van der Waals surface area contributed by atoms with Gasteiger partial charge in [0.05, 0.1) is 11.2 Å². The lowest BCUT2D eigenvalue weighted by atomic mass is 9.87. The Morgan fingerprint density at radius 3 is 2.13 bits per heavy atom. The van der Waals surface area contributed by atoms with E-state index in [0.717, 1.165) is 11.4 Å². The number of sulfonamides is 1. The van der Waals surface area contributed by atoms with Crippen molar-refractivity contribution in [3.8, 4) is 11.5 Å². The Bertz CT molecular complexity index is 1080. The maximum absolute atomic E-state index is 13.0. The second-order valence-corrected chi connectivity index (χ2v) is 10.4. The fourth-order valence-electron chi connectivity index (χ4n) is 3.48. The molecule has 1 fully saturated rings. The fraction of sp³-hybridized carbons (Fsp3) is 0.364. The Morgan fingerprint density at radius 1 is 0.900 bits per heavy atom. The summed E-state index contributed by atoms with van der Waals surface area (Å²) in [5, 5.41) is 8.51. The highest BCUT2D eigenvalue weighted by Crippen LogP contribution is 2.26. The van der Waals surface area contributed by atoms with E-state index in [0.29, 0.717) is 42.5 Å². The van der Waals surface area contributed by atoms with Crippen molar-refractivity contribution in [3.63, 3.8) is 0 Å². The molecule has 0 radical (unpaired) electrons. The molecule has 8 heteroatoms. The molecule has 158 valence electrons. The molecule has 2 aromatic heterocycles. The summed E-state index contributed by atoms with van der Waals surface area (Å²) in [7, 11) is -3.51. The lowest BCUT2D eigenvalue weighted by Gasteiger charge is -2.34. The van der Waals surface area contributed by atoms with Gasteiger partial charge in [0.2, 0.25) is 10.0 Å². The zero-order valence-corrected chi connectivity index (χ0v) is 18.3. The summed E-state index contributed by atoms with van der Waals surface area (Å²) in [6, 6.07) is 14.6. The summed E-state index contributed by atoms with van der Waals surface area (Å²) in [5.74, 6) is 1.40. The Hall–Kier alpha value is -2.71. The molecule has 0 aliphatic carbocycles. The van der Waals surface area contributed by atoms with E-state index in [1.807, 2.05) is 35.2 Å². The number of hydrogen-bond donors (Lipinski definition) is 0. The van der Waals surface area contributed by atoms with Crippen molar-refractivity contribution in [2.45, 2.75) is 31.1 Å². The van der Waals surface area contributed by atoms with Crippen LogP contribution in [0.2, 0.25) is 0 Å². The second-order valence-electron chi connectivity index (χ2n) is 8.42. The quantitative estimate of drug-likeness (QED) is 0.635. The van der Waals surface area contributed by atoms with Gasteiger partial charge < -0.3 is 9.32 Å². The Morgan fingerprint density at radius 2 is 1.60 bits per heavy atom. The van der Waals surface area contributed by atoms with Crippen LogP contribution in [0.15, 0.2) is 64.1 Å². The van der Waals surface area contributed by atoms with Crippen LogP contribution < -0.4 is 4.90 Å². The molecule has 0 spiro atoms. The van der Waals surface area contributed by atoms with Crippen molar-refractivity contribution in [2.75, 3.05) is 31.1 Å². The van der Waals surface area contributed by atoms with Crippen LogP contribution in [0, 0.1) is 0 Å². The Labute approximate surface area is 177 Å². The summed E-state index contributed by atoms with van der Waals surface area (Å²) in [6.45, 7) is 8.28. The van der Waals surface area contributed by atoms with Gasteiger partial charge >= 0.3 is 0 Å². The van der Waals surface area contributed by atoms with Crippen LogP contribution in [0.5, 0.6) is 0 Å². The van der Waals surface area contributed by atoms with E-state index in [1.54, 1.807) is 28.8 Å². The Kier molecular flexibility index (Phi) is 5.38. The highest BCUT2D eigenvalue weighted by atomic mass is 32.2. The van der Waals surface area contributed by atoms with Crippen LogP contribution in [0.25, 0.3) is 11.5 Å². The molecule has 0 amide bonds. The smallest absolute Gasteiger partial charge is 0.243 e. The molecule has 30 heavy (non-hydrogen) atoms. The van der Waals surface area contributed by atoms with E-state index < -0.39 is 10.0 Å². The SMILES string of the molecule is CC(C)(C)c1ccc(S(=O)(=O)N2CCN(c3ccc(-c4ccco4)nn3)CC2)cc1. The first-order chi connectivity index (χ1) is 14.2. The maximum Gasteiger partial charge on any atom is 0.243 e. The Balaban J connectivity index is 1.42. The second kappa shape index (κ2) is 7.85. The van der Waals surface area contributed by atoms with Crippen LogP contribution in [0.1, 0.15) is 26.3 Å². The zero-order valence-electron chi connectivity index (χ0n) is 17.4. The number of nitrogens with zero attached hydrogens (tertiary/aromatic N) is 4. The van der Waals surface area contributed by atoms with E-state index in [9.17, 15) is 8.42 Å².